The van der Waals surface area contributed by atoms with E-state index in [0.29, 0.717) is 23.3 Å². The van der Waals surface area contributed by atoms with E-state index in [-0.39, 0.29) is 44.5 Å². The van der Waals surface area contributed by atoms with Crippen molar-refractivity contribution in [3.05, 3.63) is 64.7 Å². The molecule has 9 nitrogen and oxygen atoms in total. The maximum absolute atomic E-state index is 13.0. The highest BCUT2D eigenvalue weighted by Gasteiger charge is 2.40. The fourth-order valence-electron chi connectivity index (χ4n) is 4.83. The summed E-state index contributed by atoms with van der Waals surface area (Å²) in [5, 5.41) is 0.796. The monoisotopic (exact) mass is 493 g/mol. The van der Waals surface area contributed by atoms with Crippen LogP contribution in [0.3, 0.4) is 0 Å². The summed E-state index contributed by atoms with van der Waals surface area (Å²) in [5.74, 6) is -0.870. The van der Waals surface area contributed by atoms with E-state index in [1.54, 1.807) is 18.2 Å². The molecule has 0 saturated carbocycles. The number of rotatable bonds is 6. The van der Waals surface area contributed by atoms with Gasteiger partial charge in [-0.15, -0.1) is 0 Å². The quantitative estimate of drug-likeness (QED) is 0.445. The largest absolute Gasteiger partial charge is 0.489 e. The van der Waals surface area contributed by atoms with Crippen molar-refractivity contribution in [2.75, 3.05) is 6.54 Å². The van der Waals surface area contributed by atoms with Gasteiger partial charge in [0.15, 0.2) is 0 Å². The highest BCUT2D eigenvalue weighted by molar-refractivity contribution is 6.40. The zero-order valence-corrected chi connectivity index (χ0v) is 20.0. The van der Waals surface area contributed by atoms with Crippen LogP contribution >= 0.6 is 0 Å². The van der Waals surface area contributed by atoms with E-state index in [1.165, 1.54) is 9.80 Å². The minimum atomic E-state index is -1.51. The lowest BCUT2D eigenvalue weighted by molar-refractivity contribution is -0.152. The number of hydrogen-bond acceptors (Lipinski definition) is 6. The van der Waals surface area contributed by atoms with Gasteiger partial charge in [0.25, 0.3) is 5.91 Å². The molecule has 6 radical (unpaired) electrons. The molecule has 0 bridgehead atoms. The maximum Gasteiger partial charge on any atom is 0.255 e. The van der Waals surface area contributed by atoms with E-state index in [4.69, 9.17) is 33.0 Å². The molecule has 3 aliphatic rings. The molecule has 37 heavy (non-hydrogen) atoms. The molecule has 0 aliphatic carbocycles. The number of carbonyl (C=O) groups excluding carboxylic acids is 4. The number of imide groups is 1. The summed E-state index contributed by atoms with van der Waals surface area (Å²) in [7, 11) is 17.3. The summed E-state index contributed by atoms with van der Waals surface area (Å²) >= 11 is 0. The van der Waals surface area contributed by atoms with Gasteiger partial charge in [0.2, 0.25) is 17.7 Å². The molecule has 12 heteroatoms. The third kappa shape index (κ3) is 5.16. The first-order valence-corrected chi connectivity index (χ1v) is 11.9. The molecule has 3 aliphatic heterocycles. The number of amides is 4. The summed E-state index contributed by atoms with van der Waals surface area (Å²) in [6.07, 6.45) is 0.494. The van der Waals surface area contributed by atoms with Crippen molar-refractivity contribution in [3.8, 4) is 5.75 Å². The highest BCUT2D eigenvalue weighted by atomic mass is 16.5. The lowest BCUT2D eigenvalue weighted by atomic mass is 9.63. The fourth-order valence-corrected chi connectivity index (χ4v) is 4.83. The van der Waals surface area contributed by atoms with Gasteiger partial charge in [-0.25, -0.2) is 0 Å². The highest BCUT2D eigenvalue weighted by Crippen LogP contribution is 2.34. The number of carbonyl (C=O) groups is 4. The first-order valence-electron chi connectivity index (χ1n) is 11.9. The van der Waals surface area contributed by atoms with Crippen LogP contribution in [0, 0.1) is 0 Å². The number of ether oxygens (including phenoxy) is 2. The van der Waals surface area contributed by atoms with Crippen LogP contribution in [0.2, 0.25) is 0 Å². The third-order valence-electron chi connectivity index (χ3n) is 6.67. The molecular weight excluding hydrogens is 471 g/mol. The molecular formula is C25H22B3N3O6. The molecule has 1 N–H and O–H groups in total. The van der Waals surface area contributed by atoms with Gasteiger partial charge < -0.3 is 19.3 Å². The molecule has 4 amide bonds. The Morgan fingerprint density at radius 1 is 1.05 bits per heavy atom. The number of benzene rings is 2. The molecule has 2 aromatic rings. The van der Waals surface area contributed by atoms with Gasteiger partial charge in [-0.1, -0.05) is 30.3 Å². The molecule has 5 rings (SSSR count). The first kappa shape index (κ1) is 25.1. The molecule has 0 aromatic heterocycles. The lowest BCUT2D eigenvalue weighted by Crippen LogP contribution is -2.59. The Kier molecular flexibility index (Phi) is 6.62. The van der Waals surface area contributed by atoms with Crippen LogP contribution in [0.1, 0.15) is 39.9 Å². The second kappa shape index (κ2) is 9.74. The van der Waals surface area contributed by atoms with Crippen LogP contribution in [-0.4, -0.2) is 81.0 Å². The van der Waals surface area contributed by atoms with E-state index in [2.05, 4.69) is 5.32 Å². The van der Waals surface area contributed by atoms with Gasteiger partial charge in [0.05, 0.1) is 12.5 Å². The number of nitrogens with one attached hydrogen (secondary N) is 1. The molecule has 2 saturated heterocycles. The van der Waals surface area contributed by atoms with Crippen molar-refractivity contribution in [3.63, 3.8) is 0 Å². The van der Waals surface area contributed by atoms with Crippen LogP contribution in [-0.2, 0) is 38.8 Å². The summed E-state index contributed by atoms with van der Waals surface area (Å²) in [6.45, 7) is 0.768. The second-order valence-corrected chi connectivity index (χ2v) is 9.48. The summed E-state index contributed by atoms with van der Waals surface area (Å²) in [5.41, 5.74) is 2.93. The molecule has 3 heterocycles. The SMILES string of the molecule is [B]C1OC([B])([B])CN(Cc2ccc(COc3cccc4c3CN(C3CCC(=O)NC3=O)C4=O)cc2)C1=O. The number of morpholine rings is 1. The molecule has 0 spiro atoms. The summed E-state index contributed by atoms with van der Waals surface area (Å²) < 4.78 is 11.2. The number of fused-ring (bicyclic) bond motifs is 1. The molecule has 2 fully saturated rings. The zero-order valence-electron chi connectivity index (χ0n) is 20.0. The fraction of sp³-hybridized carbons (Fsp3) is 0.360. The number of piperidine rings is 1. The van der Waals surface area contributed by atoms with Gasteiger partial charge in [-0.2, -0.15) is 0 Å². The molecule has 2 aromatic carbocycles. The predicted molar refractivity (Wildman–Crippen MR) is 134 cm³/mol. The van der Waals surface area contributed by atoms with Crippen LogP contribution in [0.4, 0.5) is 0 Å². The Balaban J connectivity index is 1.23. The van der Waals surface area contributed by atoms with Crippen LogP contribution in [0.25, 0.3) is 0 Å². The van der Waals surface area contributed by atoms with E-state index in [9.17, 15) is 19.2 Å². The first-order chi connectivity index (χ1) is 17.6. The average molecular weight is 493 g/mol. The Morgan fingerprint density at radius 3 is 2.51 bits per heavy atom. The normalized spacial score (nSPS) is 23.1. The number of nitrogens with zero attached hydrogens (tertiary/aromatic N) is 2. The molecule has 182 valence electrons. The van der Waals surface area contributed by atoms with Gasteiger partial charge in [0, 0.05) is 36.0 Å². The van der Waals surface area contributed by atoms with E-state index in [0.717, 1.165) is 11.1 Å². The van der Waals surface area contributed by atoms with Crippen molar-refractivity contribution in [2.24, 2.45) is 0 Å². The van der Waals surface area contributed by atoms with Crippen LogP contribution in [0.5, 0.6) is 5.75 Å². The Labute approximate surface area is 218 Å². The van der Waals surface area contributed by atoms with Crippen molar-refractivity contribution >= 4 is 47.2 Å². The standard InChI is InChI=1S/C25H22B3N3O6/c26-21-24(35)30(13-25(27,28)37-21)10-14-4-6-15(7-5-14)12-36-19-3-1-2-16-17(19)11-31(23(16)34)18-8-9-20(32)29-22(18)33/h1-7,18,21H,8-13H2,(H,29,32,33). The average Bonchev–Trinajstić information content (AvgIpc) is 3.18. The predicted octanol–water partition coefficient (Wildman–Crippen LogP) is -0.129. The Morgan fingerprint density at radius 2 is 1.78 bits per heavy atom. The minimum absolute atomic E-state index is 0.0120. The lowest BCUT2D eigenvalue weighted by Gasteiger charge is -2.42. The Bertz CT molecular complexity index is 1270. The number of hydrogen-bond donors (Lipinski definition) is 1. The van der Waals surface area contributed by atoms with Gasteiger partial charge in [0.1, 0.15) is 41.9 Å². The maximum atomic E-state index is 13.0. The second-order valence-electron chi connectivity index (χ2n) is 9.48. The van der Waals surface area contributed by atoms with Crippen molar-refractivity contribution in [1.29, 1.82) is 0 Å². The van der Waals surface area contributed by atoms with Crippen molar-refractivity contribution in [2.45, 2.75) is 50.0 Å². The van der Waals surface area contributed by atoms with Crippen molar-refractivity contribution < 1.29 is 28.7 Å². The summed E-state index contributed by atoms with van der Waals surface area (Å²) in [4.78, 5) is 52.0. The van der Waals surface area contributed by atoms with Crippen LogP contribution < -0.4 is 10.1 Å². The minimum Gasteiger partial charge on any atom is -0.489 e. The van der Waals surface area contributed by atoms with Gasteiger partial charge in [-0.05, 0) is 29.7 Å². The Hall–Kier alpha value is -3.53. The topological polar surface area (TPSA) is 105 Å². The smallest absolute Gasteiger partial charge is 0.255 e. The van der Waals surface area contributed by atoms with Crippen molar-refractivity contribution in [1.82, 2.24) is 15.1 Å². The third-order valence-corrected chi connectivity index (χ3v) is 6.67. The molecule has 2 unspecified atom stereocenters. The van der Waals surface area contributed by atoms with Gasteiger partial charge in [-0.3, -0.25) is 24.5 Å². The van der Waals surface area contributed by atoms with E-state index in [1.807, 2.05) is 24.3 Å². The zero-order chi connectivity index (χ0) is 26.3. The van der Waals surface area contributed by atoms with Gasteiger partial charge >= 0.3 is 0 Å². The van der Waals surface area contributed by atoms with E-state index < -0.39 is 29.3 Å². The van der Waals surface area contributed by atoms with E-state index >= 15 is 0 Å². The summed E-state index contributed by atoms with van der Waals surface area (Å²) in [6, 6.07) is 10.8. The van der Waals surface area contributed by atoms with Crippen LogP contribution in [0.15, 0.2) is 42.5 Å². The molecule has 2 atom stereocenters.